The van der Waals surface area contributed by atoms with E-state index in [1.807, 2.05) is 12.2 Å². The molecule has 0 unspecified atom stereocenters. The predicted molar refractivity (Wildman–Crippen MR) is 99.4 cm³/mol. The number of nitrogens with two attached hydrogens (primary N) is 1. The van der Waals surface area contributed by atoms with Crippen molar-refractivity contribution in [1.29, 1.82) is 0 Å². The summed E-state index contributed by atoms with van der Waals surface area (Å²) in [6.45, 7) is -1.20. The minimum absolute atomic E-state index is 0.0904. The Morgan fingerprint density at radius 2 is 2.07 bits per heavy atom. The molecular weight excluding hydrogens is 411 g/mol. The first kappa shape index (κ1) is 19.5. The highest BCUT2D eigenvalue weighted by molar-refractivity contribution is 6.32. The minimum Gasteiger partial charge on any atom is -0.369 e. The minimum atomic E-state index is -4.37. The van der Waals surface area contributed by atoms with Crippen LogP contribution >= 0.6 is 11.6 Å². The lowest BCUT2D eigenvalue weighted by atomic mass is 9.88. The Balaban J connectivity index is 1.50. The fourth-order valence-corrected chi connectivity index (χ4v) is 4.07. The molecule has 2 aliphatic rings. The van der Waals surface area contributed by atoms with Crippen molar-refractivity contribution in [3.63, 3.8) is 0 Å². The Morgan fingerprint density at radius 1 is 1.31 bits per heavy atom. The molecule has 0 radical (unpaired) electrons. The van der Waals surface area contributed by atoms with Crippen molar-refractivity contribution in [3.8, 4) is 0 Å². The second-order valence-electron chi connectivity index (χ2n) is 7.10. The second-order valence-corrected chi connectivity index (χ2v) is 7.51. The molecule has 4 N–H and O–H groups in total. The number of aromatic nitrogens is 4. The normalized spacial score (nSPS) is 25.4. The topological polar surface area (TPSA) is 111 Å². The number of primary amides is 1. The lowest BCUT2D eigenvalue weighted by Crippen LogP contribution is -2.41. The molecule has 1 fully saturated rings. The summed E-state index contributed by atoms with van der Waals surface area (Å²) in [5.41, 5.74) is 5.86. The molecule has 2 heterocycles. The van der Waals surface area contributed by atoms with E-state index < -0.39 is 12.7 Å². The van der Waals surface area contributed by atoms with Gasteiger partial charge in [-0.15, -0.1) is 0 Å². The zero-order valence-electron chi connectivity index (χ0n) is 14.9. The largest absolute Gasteiger partial charge is 0.408 e. The van der Waals surface area contributed by atoms with Gasteiger partial charge in [0.25, 0.3) is 0 Å². The zero-order valence-corrected chi connectivity index (χ0v) is 15.7. The van der Waals surface area contributed by atoms with Crippen LogP contribution in [-0.2, 0) is 11.3 Å². The summed E-state index contributed by atoms with van der Waals surface area (Å²) >= 11 is 6.19. The summed E-state index contributed by atoms with van der Waals surface area (Å²) in [5.74, 6) is -0.0944. The number of fused-ring (bicyclic) bond motifs is 2. The molecule has 8 nitrogen and oxygen atoms in total. The highest BCUT2D eigenvalue weighted by Crippen LogP contribution is 2.45. The lowest BCUT2D eigenvalue weighted by Gasteiger charge is -2.27. The van der Waals surface area contributed by atoms with E-state index in [0.717, 1.165) is 11.1 Å². The molecule has 0 aliphatic heterocycles. The van der Waals surface area contributed by atoms with Gasteiger partial charge in [0, 0.05) is 12.2 Å². The molecular formula is C17H17ClF3N7O. The number of nitrogens with one attached hydrogen (secondary N) is 2. The van der Waals surface area contributed by atoms with E-state index in [9.17, 15) is 18.0 Å². The molecule has 0 saturated heterocycles. The summed E-state index contributed by atoms with van der Waals surface area (Å²) in [6, 6.07) is -0.239. The number of allylic oxidation sites excluding steroid dienone is 1. The fraction of sp³-hybridized carbons (Fsp3) is 0.412. The number of halogens is 4. The van der Waals surface area contributed by atoms with Crippen molar-refractivity contribution in [2.45, 2.75) is 25.2 Å². The third-order valence-electron chi connectivity index (χ3n) is 5.07. The zero-order chi connectivity index (χ0) is 20.8. The van der Waals surface area contributed by atoms with E-state index in [-0.39, 0.29) is 40.7 Å². The highest BCUT2D eigenvalue weighted by atomic mass is 35.5. The number of nitrogens with zero attached hydrogens (tertiary/aromatic N) is 4. The molecule has 1 saturated carbocycles. The van der Waals surface area contributed by atoms with Gasteiger partial charge in [-0.2, -0.15) is 23.3 Å². The first-order valence-corrected chi connectivity index (χ1v) is 9.20. The molecule has 1 amide bonds. The van der Waals surface area contributed by atoms with Gasteiger partial charge in [0.2, 0.25) is 11.9 Å². The van der Waals surface area contributed by atoms with Gasteiger partial charge in [0.1, 0.15) is 11.6 Å². The first-order chi connectivity index (χ1) is 13.7. The quantitative estimate of drug-likeness (QED) is 0.611. The van der Waals surface area contributed by atoms with Crippen LogP contribution in [0.4, 0.5) is 30.6 Å². The van der Waals surface area contributed by atoms with E-state index in [1.165, 1.54) is 18.6 Å². The van der Waals surface area contributed by atoms with Gasteiger partial charge < -0.3 is 16.4 Å². The molecule has 2 aromatic heterocycles. The smallest absolute Gasteiger partial charge is 0.369 e. The second kappa shape index (κ2) is 7.21. The van der Waals surface area contributed by atoms with Crippen LogP contribution in [0.5, 0.6) is 0 Å². The third-order valence-corrected chi connectivity index (χ3v) is 5.34. The molecule has 2 bridgehead atoms. The average Bonchev–Trinajstić information content (AvgIpc) is 3.33. The van der Waals surface area contributed by atoms with E-state index in [2.05, 4.69) is 25.7 Å². The summed E-state index contributed by atoms with van der Waals surface area (Å²) in [5, 5.41) is 9.89. The number of anilines is 3. The van der Waals surface area contributed by atoms with Gasteiger partial charge >= 0.3 is 6.18 Å². The van der Waals surface area contributed by atoms with Crippen LogP contribution < -0.4 is 16.4 Å². The molecule has 4 rings (SSSR count). The fourth-order valence-electron chi connectivity index (χ4n) is 3.92. The number of hydrogen-bond donors (Lipinski definition) is 3. The Bertz CT molecular complexity index is 961. The van der Waals surface area contributed by atoms with Crippen LogP contribution in [0.1, 0.15) is 6.42 Å². The summed E-state index contributed by atoms with van der Waals surface area (Å²) < 4.78 is 38.1. The van der Waals surface area contributed by atoms with Crippen LogP contribution in [0.15, 0.2) is 30.7 Å². The van der Waals surface area contributed by atoms with Crippen molar-refractivity contribution in [2.75, 3.05) is 10.6 Å². The maximum atomic E-state index is 12.5. The van der Waals surface area contributed by atoms with Gasteiger partial charge in [-0.05, 0) is 18.3 Å². The standard InChI is InChI=1S/C17H17ClF3N7O/c18-11-5-23-16(25-10-4-24-28(6-10)7-17(19,20)21)27-15(11)26-13-9-2-1-8(3-9)12(13)14(22)29/h1-2,4-6,8-9,12-13H,3,7H2,(H2,22,29)(H2,23,25,26,27)/t8-,9+,12+,13-/m1/s1. The molecule has 154 valence electrons. The molecule has 2 aromatic rings. The first-order valence-electron chi connectivity index (χ1n) is 8.82. The lowest BCUT2D eigenvalue weighted by molar-refractivity contribution is -0.142. The molecule has 2 aliphatic carbocycles. The maximum Gasteiger partial charge on any atom is 0.408 e. The van der Waals surface area contributed by atoms with E-state index in [0.29, 0.717) is 11.5 Å². The van der Waals surface area contributed by atoms with Crippen molar-refractivity contribution in [2.24, 2.45) is 23.5 Å². The molecule has 0 spiro atoms. The number of amides is 1. The molecule has 29 heavy (non-hydrogen) atoms. The summed E-state index contributed by atoms with van der Waals surface area (Å²) in [7, 11) is 0. The van der Waals surface area contributed by atoms with Crippen LogP contribution in [0.2, 0.25) is 5.02 Å². The van der Waals surface area contributed by atoms with Gasteiger partial charge in [0.05, 0.1) is 24.0 Å². The Kier molecular flexibility index (Phi) is 4.85. The number of carbonyl (C=O) groups excluding carboxylic acids is 1. The number of rotatable bonds is 6. The molecule has 4 atom stereocenters. The monoisotopic (exact) mass is 427 g/mol. The SMILES string of the molecule is NC(=O)[C@@H]1[C@H](Nc2nc(Nc3cnn(CC(F)(F)F)c3)ncc2Cl)[C@H]2C=C[C@@H]1C2. The third kappa shape index (κ3) is 4.14. The van der Waals surface area contributed by atoms with Crippen molar-refractivity contribution >= 4 is 35.0 Å². The molecule has 12 heteroatoms. The van der Waals surface area contributed by atoms with E-state index >= 15 is 0 Å². The van der Waals surface area contributed by atoms with Crippen LogP contribution in [0, 0.1) is 17.8 Å². The number of hydrogen-bond acceptors (Lipinski definition) is 6. The van der Waals surface area contributed by atoms with E-state index in [4.69, 9.17) is 17.3 Å². The Hall–Kier alpha value is -2.82. The number of carbonyl (C=O) groups is 1. The van der Waals surface area contributed by atoms with Crippen LogP contribution in [0.25, 0.3) is 0 Å². The Morgan fingerprint density at radius 3 is 2.79 bits per heavy atom. The predicted octanol–water partition coefficient (Wildman–Crippen LogP) is 2.72. The molecule has 0 aromatic carbocycles. The van der Waals surface area contributed by atoms with Gasteiger partial charge in [-0.25, -0.2) is 4.98 Å². The van der Waals surface area contributed by atoms with Crippen molar-refractivity contribution in [1.82, 2.24) is 19.7 Å². The van der Waals surface area contributed by atoms with Crippen LogP contribution in [0.3, 0.4) is 0 Å². The van der Waals surface area contributed by atoms with Crippen LogP contribution in [-0.4, -0.2) is 37.9 Å². The Labute approximate surface area is 168 Å². The van der Waals surface area contributed by atoms with Gasteiger partial charge in [-0.1, -0.05) is 23.8 Å². The summed E-state index contributed by atoms with van der Waals surface area (Å²) in [6.07, 6.45) is 4.31. The average molecular weight is 428 g/mol. The number of alkyl halides is 3. The van der Waals surface area contributed by atoms with Crippen molar-refractivity contribution < 1.29 is 18.0 Å². The highest BCUT2D eigenvalue weighted by Gasteiger charge is 2.47. The van der Waals surface area contributed by atoms with Gasteiger partial charge in [-0.3, -0.25) is 9.48 Å². The van der Waals surface area contributed by atoms with Crippen molar-refractivity contribution in [3.05, 3.63) is 35.8 Å². The summed E-state index contributed by atoms with van der Waals surface area (Å²) in [4.78, 5) is 20.2. The van der Waals surface area contributed by atoms with Gasteiger partial charge in [0.15, 0.2) is 5.82 Å². The maximum absolute atomic E-state index is 12.5. The van der Waals surface area contributed by atoms with E-state index in [1.54, 1.807) is 0 Å².